The number of nitrogens with zero attached hydrogens (tertiary/aromatic N) is 2. The van der Waals surface area contributed by atoms with Crippen LogP contribution in [-0.4, -0.2) is 9.78 Å². The number of hydrogen-bond donors (Lipinski definition) is 0. The maximum absolute atomic E-state index is 5.89. The molecule has 0 aliphatic rings. The third-order valence-corrected chi connectivity index (χ3v) is 2.31. The molecule has 0 atom stereocenters. The van der Waals surface area contributed by atoms with Crippen molar-refractivity contribution < 1.29 is 0 Å². The summed E-state index contributed by atoms with van der Waals surface area (Å²) in [5, 5.41) is 5.51. The summed E-state index contributed by atoms with van der Waals surface area (Å²) in [6.45, 7) is 0. The summed E-state index contributed by atoms with van der Waals surface area (Å²) in [6.07, 6.45) is 1.88. The van der Waals surface area contributed by atoms with Crippen LogP contribution in [0.2, 0.25) is 10.0 Å². The van der Waals surface area contributed by atoms with Crippen molar-refractivity contribution in [3.05, 3.63) is 40.5 Å². The van der Waals surface area contributed by atoms with Gasteiger partial charge in [0.15, 0.2) is 0 Å². The zero-order chi connectivity index (χ0) is 10.1. The van der Waals surface area contributed by atoms with E-state index in [2.05, 4.69) is 5.10 Å². The molecule has 0 amide bonds. The van der Waals surface area contributed by atoms with Gasteiger partial charge in [0, 0.05) is 28.9 Å². The van der Waals surface area contributed by atoms with Gasteiger partial charge in [-0.3, -0.25) is 4.68 Å². The SMILES string of the molecule is Cn1ccc(-c2cc(Cl)cc(Cl)c2)n1. The Morgan fingerprint density at radius 1 is 1.14 bits per heavy atom. The van der Waals surface area contributed by atoms with Crippen molar-refractivity contribution in [3.63, 3.8) is 0 Å². The molecule has 0 aliphatic heterocycles. The fourth-order valence-electron chi connectivity index (χ4n) is 1.27. The second-order valence-electron chi connectivity index (χ2n) is 3.03. The molecule has 4 heteroatoms. The standard InChI is InChI=1S/C10H8Cl2N2/c1-14-3-2-10(13-14)7-4-8(11)6-9(12)5-7/h2-6H,1H3. The van der Waals surface area contributed by atoms with Crippen LogP contribution in [0, 0.1) is 0 Å². The van der Waals surface area contributed by atoms with E-state index in [1.165, 1.54) is 0 Å². The number of benzene rings is 1. The molecular formula is C10H8Cl2N2. The minimum Gasteiger partial charge on any atom is -0.275 e. The van der Waals surface area contributed by atoms with Gasteiger partial charge in [-0.1, -0.05) is 23.2 Å². The van der Waals surface area contributed by atoms with E-state index in [4.69, 9.17) is 23.2 Å². The Morgan fingerprint density at radius 2 is 1.79 bits per heavy atom. The third kappa shape index (κ3) is 1.91. The lowest BCUT2D eigenvalue weighted by molar-refractivity contribution is 0.771. The van der Waals surface area contributed by atoms with Crippen LogP contribution in [0.3, 0.4) is 0 Å². The highest BCUT2D eigenvalue weighted by Crippen LogP contribution is 2.25. The predicted molar refractivity (Wildman–Crippen MR) is 58.7 cm³/mol. The Balaban J connectivity index is 2.51. The maximum atomic E-state index is 5.89. The molecule has 0 spiro atoms. The minimum absolute atomic E-state index is 0.623. The largest absolute Gasteiger partial charge is 0.275 e. The molecule has 2 nitrogen and oxygen atoms in total. The smallest absolute Gasteiger partial charge is 0.0924 e. The molecule has 72 valence electrons. The zero-order valence-corrected chi connectivity index (χ0v) is 9.05. The van der Waals surface area contributed by atoms with E-state index >= 15 is 0 Å². The van der Waals surface area contributed by atoms with Crippen LogP contribution in [0.25, 0.3) is 11.3 Å². The molecular weight excluding hydrogens is 219 g/mol. The molecule has 0 unspecified atom stereocenters. The van der Waals surface area contributed by atoms with Gasteiger partial charge >= 0.3 is 0 Å². The van der Waals surface area contributed by atoms with E-state index in [-0.39, 0.29) is 0 Å². The Kier molecular flexibility index (Phi) is 2.48. The fraction of sp³-hybridized carbons (Fsp3) is 0.100. The number of hydrogen-bond acceptors (Lipinski definition) is 1. The van der Waals surface area contributed by atoms with Gasteiger partial charge in [-0.15, -0.1) is 0 Å². The van der Waals surface area contributed by atoms with Crippen LogP contribution in [0.4, 0.5) is 0 Å². The first-order valence-electron chi connectivity index (χ1n) is 4.11. The molecule has 0 bridgehead atoms. The van der Waals surface area contributed by atoms with E-state index in [0.29, 0.717) is 10.0 Å². The van der Waals surface area contributed by atoms with Gasteiger partial charge in [-0.05, 0) is 24.3 Å². The zero-order valence-electron chi connectivity index (χ0n) is 7.54. The van der Waals surface area contributed by atoms with E-state index in [0.717, 1.165) is 11.3 Å². The highest BCUT2D eigenvalue weighted by molar-refractivity contribution is 6.35. The Labute approximate surface area is 92.1 Å². The van der Waals surface area contributed by atoms with Crippen molar-refractivity contribution in [2.24, 2.45) is 7.05 Å². The van der Waals surface area contributed by atoms with E-state index < -0.39 is 0 Å². The predicted octanol–water partition coefficient (Wildman–Crippen LogP) is 3.39. The van der Waals surface area contributed by atoms with Crippen LogP contribution in [0.5, 0.6) is 0 Å². The summed E-state index contributed by atoms with van der Waals surface area (Å²) in [7, 11) is 1.87. The molecule has 0 fully saturated rings. The average molecular weight is 227 g/mol. The van der Waals surface area contributed by atoms with Crippen LogP contribution >= 0.6 is 23.2 Å². The highest BCUT2D eigenvalue weighted by Gasteiger charge is 2.03. The van der Waals surface area contributed by atoms with Crippen molar-refractivity contribution >= 4 is 23.2 Å². The van der Waals surface area contributed by atoms with Crippen molar-refractivity contribution in [1.82, 2.24) is 9.78 Å². The van der Waals surface area contributed by atoms with Gasteiger partial charge in [0.2, 0.25) is 0 Å². The number of rotatable bonds is 1. The second-order valence-corrected chi connectivity index (χ2v) is 3.91. The molecule has 0 radical (unpaired) electrons. The topological polar surface area (TPSA) is 17.8 Å². The maximum Gasteiger partial charge on any atom is 0.0924 e. The molecule has 0 saturated carbocycles. The molecule has 2 aromatic rings. The van der Waals surface area contributed by atoms with Crippen molar-refractivity contribution in [1.29, 1.82) is 0 Å². The molecule has 1 heterocycles. The number of halogens is 2. The monoisotopic (exact) mass is 226 g/mol. The summed E-state index contributed by atoms with van der Waals surface area (Å²) in [4.78, 5) is 0. The number of aromatic nitrogens is 2. The summed E-state index contributed by atoms with van der Waals surface area (Å²) in [6, 6.07) is 7.31. The first-order valence-corrected chi connectivity index (χ1v) is 4.87. The van der Waals surface area contributed by atoms with Gasteiger partial charge in [-0.2, -0.15) is 5.10 Å². The van der Waals surface area contributed by atoms with Gasteiger partial charge in [0.1, 0.15) is 0 Å². The first-order chi connectivity index (χ1) is 6.65. The second kappa shape index (κ2) is 3.64. The van der Waals surface area contributed by atoms with Crippen molar-refractivity contribution in [3.8, 4) is 11.3 Å². The molecule has 0 aliphatic carbocycles. The first kappa shape index (κ1) is 9.56. The lowest BCUT2D eigenvalue weighted by Gasteiger charge is -1.98. The molecule has 2 rings (SSSR count). The normalized spacial score (nSPS) is 10.5. The van der Waals surface area contributed by atoms with E-state index in [9.17, 15) is 0 Å². The van der Waals surface area contributed by atoms with Crippen LogP contribution in [0.1, 0.15) is 0 Å². The van der Waals surface area contributed by atoms with Gasteiger partial charge in [0.05, 0.1) is 5.69 Å². The molecule has 1 aromatic carbocycles. The molecule has 0 saturated heterocycles. The van der Waals surface area contributed by atoms with Crippen LogP contribution in [-0.2, 0) is 7.05 Å². The van der Waals surface area contributed by atoms with E-state index in [1.807, 2.05) is 31.4 Å². The highest BCUT2D eigenvalue weighted by atomic mass is 35.5. The van der Waals surface area contributed by atoms with Gasteiger partial charge in [-0.25, -0.2) is 0 Å². The van der Waals surface area contributed by atoms with Gasteiger partial charge < -0.3 is 0 Å². The molecule has 1 aromatic heterocycles. The van der Waals surface area contributed by atoms with Crippen molar-refractivity contribution in [2.45, 2.75) is 0 Å². The Bertz CT molecular complexity index is 443. The minimum atomic E-state index is 0.623. The fourth-order valence-corrected chi connectivity index (χ4v) is 1.80. The summed E-state index contributed by atoms with van der Waals surface area (Å²) >= 11 is 11.8. The summed E-state index contributed by atoms with van der Waals surface area (Å²) < 4.78 is 1.74. The lowest BCUT2D eigenvalue weighted by Crippen LogP contribution is -1.87. The average Bonchev–Trinajstić information content (AvgIpc) is 2.50. The van der Waals surface area contributed by atoms with Crippen LogP contribution in [0.15, 0.2) is 30.5 Å². The Hall–Kier alpha value is -0.990. The third-order valence-electron chi connectivity index (χ3n) is 1.87. The van der Waals surface area contributed by atoms with Crippen molar-refractivity contribution in [2.75, 3.05) is 0 Å². The van der Waals surface area contributed by atoms with Crippen LogP contribution < -0.4 is 0 Å². The summed E-state index contributed by atoms with van der Waals surface area (Å²) in [5.41, 5.74) is 1.81. The van der Waals surface area contributed by atoms with E-state index in [1.54, 1.807) is 10.7 Å². The molecule has 14 heavy (non-hydrogen) atoms. The van der Waals surface area contributed by atoms with Gasteiger partial charge in [0.25, 0.3) is 0 Å². The quantitative estimate of drug-likeness (QED) is 0.730. The Morgan fingerprint density at radius 3 is 2.29 bits per heavy atom. The number of aryl methyl sites for hydroxylation is 1. The lowest BCUT2D eigenvalue weighted by atomic mass is 10.2. The molecule has 0 N–H and O–H groups in total. The summed E-state index contributed by atoms with van der Waals surface area (Å²) in [5.74, 6) is 0.